The number of nitrogen functional groups attached to an aromatic ring is 1. The Kier molecular flexibility index (Phi) is 3.21. The number of hydrogen-bond acceptors (Lipinski definition) is 6. The highest BCUT2D eigenvalue weighted by Gasteiger charge is 2.10. The van der Waals surface area contributed by atoms with Gasteiger partial charge in [0.25, 0.3) is 0 Å². The summed E-state index contributed by atoms with van der Waals surface area (Å²) in [6.45, 7) is 1.22. The maximum Gasteiger partial charge on any atom is 0.179 e. The quantitative estimate of drug-likeness (QED) is 0.606. The van der Waals surface area contributed by atoms with Crippen LogP contribution < -0.4 is 10.5 Å². The second kappa shape index (κ2) is 4.80. The molecule has 2 N–H and O–H groups in total. The van der Waals surface area contributed by atoms with Gasteiger partial charge in [0.15, 0.2) is 16.8 Å². The fourth-order valence-corrected chi connectivity index (χ4v) is 1.36. The van der Waals surface area contributed by atoms with Crippen molar-refractivity contribution in [1.29, 1.82) is 0 Å². The van der Waals surface area contributed by atoms with Crippen LogP contribution in [0.1, 0.15) is 6.42 Å². The van der Waals surface area contributed by atoms with Crippen LogP contribution in [0.2, 0.25) is 0 Å². The Hall–Kier alpha value is -1.82. The fourth-order valence-electron chi connectivity index (χ4n) is 1.36. The third kappa shape index (κ3) is 2.06. The Bertz CT molecular complexity index is 469. The first-order valence-corrected chi connectivity index (χ1v) is 4.95. The second-order valence-corrected chi connectivity index (χ2v) is 3.31. The van der Waals surface area contributed by atoms with Gasteiger partial charge in [0.05, 0.1) is 12.3 Å². The number of benzene rings is 1. The van der Waals surface area contributed by atoms with Gasteiger partial charge in [-0.2, -0.15) is 0 Å². The average molecular weight is 223 g/mol. The van der Waals surface area contributed by atoms with Crippen molar-refractivity contribution in [2.24, 2.45) is 0 Å². The number of nitrogens with zero attached hydrogens (tertiary/aromatic N) is 2. The van der Waals surface area contributed by atoms with E-state index in [-0.39, 0.29) is 0 Å². The summed E-state index contributed by atoms with van der Waals surface area (Å²) in [5, 5.41) is 7.46. The molecule has 0 atom stereocenters. The van der Waals surface area contributed by atoms with Gasteiger partial charge in [0.1, 0.15) is 0 Å². The molecule has 6 nitrogen and oxygen atoms in total. The zero-order valence-electron chi connectivity index (χ0n) is 8.97. The summed E-state index contributed by atoms with van der Waals surface area (Å²) in [6, 6.07) is 3.48. The largest absolute Gasteiger partial charge is 0.491 e. The lowest BCUT2D eigenvalue weighted by Gasteiger charge is -2.05. The first-order valence-electron chi connectivity index (χ1n) is 4.95. The Morgan fingerprint density at radius 2 is 2.06 bits per heavy atom. The number of aromatic nitrogens is 2. The molecule has 0 spiro atoms. The molecule has 0 saturated heterocycles. The topological polar surface area (TPSA) is 83.4 Å². The molecule has 16 heavy (non-hydrogen) atoms. The zero-order chi connectivity index (χ0) is 11.4. The minimum absolute atomic E-state index is 0.528. The van der Waals surface area contributed by atoms with Crippen LogP contribution in [0.4, 0.5) is 5.69 Å². The van der Waals surface area contributed by atoms with E-state index < -0.39 is 0 Å². The Labute approximate surface area is 92.3 Å². The lowest BCUT2D eigenvalue weighted by Crippen LogP contribution is -2.02. The zero-order valence-corrected chi connectivity index (χ0v) is 8.97. The third-order valence-electron chi connectivity index (χ3n) is 2.16. The lowest BCUT2D eigenvalue weighted by molar-refractivity contribution is 0.172. The minimum Gasteiger partial charge on any atom is -0.491 e. The molecule has 0 amide bonds. The molecular formula is C10H13N3O3. The van der Waals surface area contributed by atoms with Gasteiger partial charge in [0, 0.05) is 20.1 Å². The summed E-state index contributed by atoms with van der Waals surface area (Å²) < 4.78 is 15.1. The minimum atomic E-state index is 0.528. The number of hydrogen-bond donors (Lipinski definition) is 1. The summed E-state index contributed by atoms with van der Waals surface area (Å²) in [7, 11) is 1.66. The van der Waals surface area contributed by atoms with Gasteiger partial charge in [0.2, 0.25) is 0 Å². The average Bonchev–Trinajstić information content (AvgIpc) is 2.77. The number of ether oxygens (including phenoxy) is 2. The van der Waals surface area contributed by atoms with Crippen molar-refractivity contribution in [2.45, 2.75) is 6.42 Å². The highest BCUT2D eigenvalue weighted by molar-refractivity contribution is 5.90. The molecular weight excluding hydrogens is 210 g/mol. The van der Waals surface area contributed by atoms with Gasteiger partial charge in [-0.1, -0.05) is 0 Å². The van der Waals surface area contributed by atoms with E-state index in [2.05, 4.69) is 14.9 Å². The van der Waals surface area contributed by atoms with Gasteiger partial charge < -0.3 is 15.2 Å². The smallest absolute Gasteiger partial charge is 0.179 e. The normalized spacial score (nSPS) is 10.8. The van der Waals surface area contributed by atoms with Gasteiger partial charge in [-0.15, -0.1) is 0 Å². The molecule has 86 valence electrons. The van der Waals surface area contributed by atoms with Crippen LogP contribution in [0.5, 0.6) is 5.75 Å². The maximum absolute atomic E-state index is 5.71. The third-order valence-corrected chi connectivity index (χ3v) is 2.16. The molecule has 1 aromatic carbocycles. The van der Waals surface area contributed by atoms with Gasteiger partial charge >= 0.3 is 0 Å². The number of methoxy groups -OCH3 is 1. The van der Waals surface area contributed by atoms with E-state index in [0.29, 0.717) is 35.7 Å². The fraction of sp³-hybridized carbons (Fsp3) is 0.400. The van der Waals surface area contributed by atoms with Crippen LogP contribution in [-0.4, -0.2) is 30.6 Å². The summed E-state index contributed by atoms with van der Waals surface area (Å²) in [6.07, 6.45) is 0.813. The van der Waals surface area contributed by atoms with Crippen molar-refractivity contribution in [3.05, 3.63) is 12.1 Å². The van der Waals surface area contributed by atoms with E-state index in [1.54, 1.807) is 19.2 Å². The Morgan fingerprint density at radius 3 is 2.88 bits per heavy atom. The summed E-state index contributed by atoms with van der Waals surface area (Å²) in [4.78, 5) is 0. The highest BCUT2D eigenvalue weighted by atomic mass is 16.6. The van der Waals surface area contributed by atoms with E-state index in [0.717, 1.165) is 6.42 Å². The van der Waals surface area contributed by atoms with E-state index in [4.69, 9.17) is 15.2 Å². The van der Waals surface area contributed by atoms with Gasteiger partial charge in [-0.3, -0.25) is 0 Å². The van der Waals surface area contributed by atoms with E-state index >= 15 is 0 Å². The molecule has 1 aromatic heterocycles. The molecule has 0 fully saturated rings. The molecule has 0 saturated carbocycles. The van der Waals surface area contributed by atoms with Crippen molar-refractivity contribution in [3.8, 4) is 5.75 Å². The van der Waals surface area contributed by atoms with Gasteiger partial charge in [-0.05, 0) is 22.4 Å². The molecule has 6 heteroatoms. The van der Waals surface area contributed by atoms with E-state index in [1.807, 2.05) is 0 Å². The highest BCUT2D eigenvalue weighted by Crippen LogP contribution is 2.26. The summed E-state index contributed by atoms with van der Waals surface area (Å²) in [5.74, 6) is 0.626. The van der Waals surface area contributed by atoms with Crippen LogP contribution in [0, 0.1) is 0 Å². The number of anilines is 1. The molecule has 0 radical (unpaired) electrons. The van der Waals surface area contributed by atoms with Gasteiger partial charge in [-0.25, -0.2) is 4.63 Å². The predicted molar refractivity (Wildman–Crippen MR) is 58.2 cm³/mol. The molecule has 1 heterocycles. The van der Waals surface area contributed by atoms with E-state index in [1.165, 1.54) is 0 Å². The van der Waals surface area contributed by atoms with Crippen LogP contribution in [0.25, 0.3) is 11.0 Å². The molecule has 2 aromatic rings. The number of rotatable bonds is 5. The first kappa shape index (κ1) is 10.7. The molecule has 0 aliphatic carbocycles. The lowest BCUT2D eigenvalue weighted by atomic mass is 10.2. The maximum atomic E-state index is 5.71. The Morgan fingerprint density at radius 1 is 1.25 bits per heavy atom. The van der Waals surface area contributed by atoms with Crippen LogP contribution in [-0.2, 0) is 4.74 Å². The molecule has 0 aliphatic heterocycles. The van der Waals surface area contributed by atoms with Crippen molar-refractivity contribution >= 4 is 16.7 Å². The number of fused-ring (bicyclic) bond motifs is 1. The monoisotopic (exact) mass is 223 g/mol. The van der Waals surface area contributed by atoms with Crippen LogP contribution >= 0.6 is 0 Å². The summed E-state index contributed by atoms with van der Waals surface area (Å²) >= 11 is 0. The molecule has 2 rings (SSSR count). The Balaban J connectivity index is 2.12. The molecule has 0 aliphatic rings. The first-order chi connectivity index (χ1) is 7.83. The van der Waals surface area contributed by atoms with Crippen LogP contribution in [0.15, 0.2) is 16.8 Å². The molecule has 0 bridgehead atoms. The van der Waals surface area contributed by atoms with Crippen molar-refractivity contribution < 1.29 is 14.1 Å². The van der Waals surface area contributed by atoms with Crippen LogP contribution in [0.3, 0.4) is 0 Å². The second-order valence-electron chi connectivity index (χ2n) is 3.31. The standard InChI is InChI=1S/C10H13N3O3/c1-14-5-2-6-15-8-4-3-7(11)9-10(8)13-16-12-9/h3-4H,2,5-6,11H2,1H3. The SMILES string of the molecule is COCCCOc1ccc(N)c2nonc12. The summed E-state index contributed by atoms with van der Waals surface area (Å²) in [5.41, 5.74) is 7.32. The van der Waals surface area contributed by atoms with E-state index in [9.17, 15) is 0 Å². The predicted octanol–water partition coefficient (Wildman–Crippen LogP) is 1.22. The van der Waals surface area contributed by atoms with Crippen molar-refractivity contribution in [3.63, 3.8) is 0 Å². The molecule has 0 unspecified atom stereocenters. The van der Waals surface area contributed by atoms with Crippen molar-refractivity contribution in [2.75, 3.05) is 26.1 Å². The van der Waals surface area contributed by atoms with Crippen molar-refractivity contribution in [1.82, 2.24) is 10.3 Å². The number of nitrogens with two attached hydrogens (primary N) is 1.